The van der Waals surface area contributed by atoms with Gasteiger partial charge in [0.2, 0.25) is 0 Å². The Balaban J connectivity index is 1.06. The predicted octanol–water partition coefficient (Wildman–Crippen LogP) is 13.0. The molecule has 0 saturated carbocycles. The van der Waals surface area contributed by atoms with E-state index in [0.717, 1.165) is 22.7 Å². The zero-order chi connectivity index (χ0) is 33.7. The van der Waals surface area contributed by atoms with Gasteiger partial charge >= 0.3 is 0 Å². The van der Waals surface area contributed by atoms with Gasteiger partial charge in [-0.05, 0) is 101 Å². The lowest BCUT2D eigenvalue weighted by Gasteiger charge is -2.26. The average molecular weight is 652 g/mol. The first-order chi connectivity index (χ1) is 25.3. The van der Waals surface area contributed by atoms with Gasteiger partial charge in [0.1, 0.15) is 0 Å². The number of aromatic nitrogens is 2. The fourth-order valence-electron chi connectivity index (χ4n) is 7.73. The van der Waals surface area contributed by atoms with Crippen LogP contribution in [0.5, 0.6) is 0 Å². The molecule has 0 aliphatic carbocycles. The van der Waals surface area contributed by atoms with E-state index >= 15 is 0 Å². The summed E-state index contributed by atoms with van der Waals surface area (Å²) in [7, 11) is 0. The monoisotopic (exact) mass is 651 g/mol. The van der Waals surface area contributed by atoms with E-state index in [0.29, 0.717) is 0 Å². The van der Waals surface area contributed by atoms with E-state index in [1.165, 1.54) is 60.3 Å². The zero-order valence-electron chi connectivity index (χ0n) is 27.9. The number of fused-ring (bicyclic) bond motifs is 6. The number of hydrogen-bond donors (Lipinski definition) is 0. The average Bonchev–Trinajstić information content (AvgIpc) is 3.78. The highest BCUT2D eigenvalue weighted by Crippen LogP contribution is 2.40. The normalized spacial score (nSPS) is 11.5. The van der Waals surface area contributed by atoms with Gasteiger partial charge in [0.15, 0.2) is 0 Å². The van der Waals surface area contributed by atoms with E-state index in [-0.39, 0.29) is 0 Å². The molecule has 3 heteroatoms. The first-order valence-corrected chi connectivity index (χ1v) is 17.4. The summed E-state index contributed by atoms with van der Waals surface area (Å²) in [5.41, 5.74) is 11.7. The summed E-state index contributed by atoms with van der Waals surface area (Å²) in [5.74, 6) is 0. The zero-order valence-corrected chi connectivity index (χ0v) is 27.9. The molecule has 2 aromatic heterocycles. The molecule has 0 atom stereocenters. The van der Waals surface area contributed by atoms with E-state index < -0.39 is 0 Å². The van der Waals surface area contributed by atoms with Gasteiger partial charge in [-0.15, -0.1) is 0 Å². The van der Waals surface area contributed by atoms with Gasteiger partial charge in [0.05, 0.1) is 16.6 Å². The van der Waals surface area contributed by atoms with Crippen molar-refractivity contribution in [3.8, 4) is 22.5 Å². The SMILES string of the molecule is c1ccc(N(c2cccc(-c3ccc(-n4ccc5ccc6c(c7ccccc7n6-c6ccccc6)c54)cc3)c2)c2ccc3ccccc3c2)cc1. The number of anilines is 3. The van der Waals surface area contributed by atoms with Crippen LogP contribution in [0.2, 0.25) is 0 Å². The second-order valence-corrected chi connectivity index (χ2v) is 13.1. The molecule has 10 rings (SSSR count). The Kier molecular flexibility index (Phi) is 6.81. The third kappa shape index (κ3) is 4.90. The van der Waals surface area contributed by atoms with Gasteiger partial charge in [-0.25, -0.2) is 0 Å². The smallest absolute Gasteiger partial charge is 0.0628 e. The summed E-state index contributed by atoms with van der Waals surface area (Å²) >= 11 is 0. The van der Waals surface area contributed by atoms with Gasteiger partial charge in [-0.2, -0.15) is 0 Å². The van der Waals surface area contributed by atoms with Gasteiger partial charge in [-0.1, -0.05) is 115 Å². The van der Waals surface area contributed by atoms with Crippen molar-refractivity contribution in [3.05, 3.63) is 200 Å². The Morgan fingerprint density at radius 2 is 1.06 bits per heavy atom. The topological polar surface area (TPSA) is 13.1 Å². The van der Waals surface area contributed by atoms with E-state index in [2.05, 4.69) is 214 Å². The van der Waals surface area contributed by atoms with Crippen LogP contribution in [0.4, 0.5) is 17.1 Å². The third-order valence-electron chi connectivity index (χ3n) is 10.1. The van der Waals surface area contributed by atoms with Crippen molar-refractivity contribution in [3.63, 3.8) is 0 Å². The summed E-state index contributed by atoms with van der Waals surface area (Å²) in [6.07, 6.45) is 2.20. The summed E-state index contributed by atoms with van der Waals surface area (Å²) in [5, 5.41) is 6.21. The largest absolute Gasteiger partial charge is 0.316 e. The van der Waals surface area contributed by atoms with Crippen LogP contribution in [0, 0.1) is 0 Å². The highest BCUT2D eigenvalue weighted by Gasteiger charge is 2.18. The van der Waals surface area contributed by atoms with E-state index in [4.69, 9.17) is 0 Å². The molecule has 0 saturated heterocycles. The Morgan fingerprint density at radius 3 is 1.90 bits per heavy atom. The second-order valence-electron chi connectivity index (χ2n) is 13.1. The molecule has 51 heavy (non-hydrogen) atoms. The maximum atomic E-state index is 2.38. The Morgan fingerprint density at radius 1 is 0.373 bits per heavy atom. The van der Waals surface area contributed by atoms with Crippen molar-refractivity contribution in [1.82, 2.24) is 9.13 Å². The van der Waals surface area contributed by atoms with Crippen LogP contribution in [0.15, 0.2) is 200 Å². The van der Waals surface area contributed by atoms with Crippen molar-refractivity contribution in [2.24, 2.45) is 0 Å². The van der Waals surface area contributed by atoms with E-state index in [9.17, 15) is 0 Å². The molecule has 0 aliphatic rings. The standard InChI is InChI=1S/C48H33N3/c1-3-15-40(16-4-1)50(43-28-24-34-12-7-8-13-37(34)33-43)42-19-11-14-38(32-42)35-22-26-39(27-23-35)49-31-30-36-25-29-46-47(48(36)49)44-20-9-10-21-45(44)51(46)41-17-5-2-6-18-41/h1-33H. The molecule has 3 nitrogen and oxygen atoms in total. The van der Waals surface area contributed by atoms with Crippen molar-refractivity contribution < 1.29 is 0 Å². The van der Waals surface area contributed by atoms with Crippen LogP contribution in [0.3, 0.4) is 0 Å². The molecule has 0 aliphatic heterocycles. The summed E-state index contributed by atoms with van der Waals surface area (Å²) in [6, 6.07) is 69.9. The van der Waals surface area contributed by atoms with Crippen molar-refractivity contribution in [2.75, 3.05) is 4.90 Å². The first-order valence-electron chi connectivity index (χ1n) is 17.4. The molecule has 0 bridgehead atoms. The quantitative estimate of drug-likeness (QED) is 0.174. The van der Waals surface area contributed by atoms with Crippen LogP contribution in [-0.2, 0) is 0 Å². The first kappa shape index (κ1) is 29.1. The highest BCUT2D eigenvalue weighted by atomic mass is 15.1. The molecular weight excluding hydrogens is 619 g/mol. The maximum absolute atomic E-state index is 2.38. The van der Waals surface area contributed by atoms with Crippen LogP contribution >= 0.6 is 0 Å². The molecule has 10 aromatic rings. The van der Waals surface area contributed by atoms with E-state index in [1.54, 1.807) is 0 Å². The minimum absolute atomic E-state index is 1.12. The molecular formula is C48H33N3. The Labute approximate surface area is 296 Å². The lowest BCUT2D eigenvalue weighted by Crippen LogP contribution is -2.09. The number of nitrogens with zero attached hydrogens (tertiary/aromatic N) is 3. The minimum atomic E-state index is 1.12. The lowest BCUT2D eigenvalue weighted by molar-refractivity contribution is 1.13. The third-order valence-corrected chi connectivity index (χ3v) is 10.1. The Hall–Kier alpha value is -6.84. The second kappa shape index (κ2) is 11.9. The number of hydrogen-bond acceptors (Lipinski definition) is 1. The number of benzene rings is 8. The molecule has 0 fully saturated rings. The Bertz CT molecular complexity index is 2840. The van der Waals surface area contributed by atoms with Gasteiger partial charge in [0, 0.05) is 50.8 Å². The maximum Gasteiger partial charge on any atom is 0.0628 e. The molecule has 0 unspecified atom stereocenters. The van der Waals surface area contributed by atoms with E-state index in [1.807, 2.05) is 0 Å². The molecule has 0 amide bonds. The number of para-hydroxylation sites is 3. The predicted molar refractivity (Wildman–Crippen MR) is 215 cm³/mol. The van der Waals surface area contributed by atoms with Crippen LogP contribution in [-0.4, -0.2) is 9.13 Å². The molecule has 8 aromatic carbocycles. The van der Waals surface area contributed by atoms with Crippen LogP contribution in [0.25, 0.3) is 66.0 Å². The van der Waals surface area contributed by atoms with Crippen molar-refractivity contribution in [1.29, 1.82) is 0 Å². The van der Waals surface area contributed by atoms with Gasteiger partial charge < -0.3 is 14.0 Å². The van der Waals surface area contributed by atoms with Crippen molar-refractivity contribution >= 4 is 60.5 Å². The molecule has 240 valence electrons. The number of rotatable bonds is 6. The summed E-state index contributed by atoms with van der Waals surface area (Å²) < 4.78 is 4.73. The lowest BCUT2D eigenvalue weighted by atomic mass is 10.0. The van der Waals surface area contributed by atoms with Crippen molar-refractivity contribution in [2.45, 2.75) is 0 Å². The molecule has 0 radical (unpaired) electrons. The molecule has 2 heterocycles. The molecule has 0 N–H and O–H groups in total. The van der Waals surface area contributed by atoms with Gasteiger partial charge in [0.25, 0.3) is 0 Å². The molecule has 0 spiro atoms. The van der Waals surface area contributed by atoms with Crippen LogP contribution < -0.4 is 4.90 Å². The fourth-order valence-corrected chi connectivity index (χ4v) is 7.73. The van der Waals surface area contributed by atoms with Crippen LogP contribution in [0.1, 0.15) is 0 Å². The summed E-state index contributed by atoms with van der Waals surface area (Å²) in [4.78, 5) is 2.34. The fraction of sp³-hybridized carbons (Fsp3) is 0. The minimum Gasteiger partial charge on any atom is -0.316 e. The summed E-state index contributed by atoms with van der Waals surface area (Å²) in [6.45, 7) is 0. The highest BCUT2D eigenvalue weighted by molar-refractivity contribution is 6.20. The van der Waals surface area contributed by atoms with Gasteiger partial charge in [-0.3, -0.25) is 0 Å².